The summed E-state index contributed by atoms with van der Waals surface area (Å²) in [5.74, 6) is -0.759. The zero-order chi connectivity index (χ0) is 24.2. The van der Waals surface area contributed by atoms with E-state index in [1.165, 1.54) is 18.2 Å². The third-order valence-corrected chi connectivity index (χ3v) is 5.70. The second-order valence-electron chi connectivity index (χ2n) is 7.52. The third-order valence-electron chi connectivity index (χ3n) is 5.20. The van der Waals surface area contributed by atoms with Crippen LogP contribution in [0.2, 0.25) is 10.0 Å². The highest BCUT2D eigenvalue weighted by Gasteiger charge is 2.16. The number of halogens is 2. The number of benzene rings is 4. The lowest BCUT2D eigenvalue weighted by Crippen LogP contribution is -2.10. The first-order valence-corrected chi connectivity index (χ1v) is 11.0. The molecular weight excluding hydrogens is 473 g/mol. The Hall–Kier alpha value is -3.80. The normalized spacial score (nSPS) is 10.6. The van der Waals surface area contributed by atoms with Gasteiger partial charge in [0.25, 0.3) is 0 Å². The number of aromatic carboxylic acids is 1. The molecule has 0 bridgehead atoms. The maximum atomic E-state index is 13.2. The minimum absolute atomic E-state index is 0.0473. The van der Waals surface area contributed by atoms with Crippen LogP contribution < -0.4 is 9.64 Å². The van der Waals surface area contributed by atoms with Crippen molar-refractivity contribution in [2.75, 3.05) is 11.9 Å². The SMILES string of the molecule is CN(c1ccc(Cl)cc1)c1ccc(C(=O)c2cc(Oc3ccc(Cl)cc3)cc(C(=O)O)c2)cc1. The number of carboxylic acids is 1. The van der Waals surface area contributed by atoms with Gasteiger partial charge in [-0.1, -0.05) is 23.2 Å². The first-order valence-electron chi connectivity index (χ1n) is 10.3. The van der Waals surface area contributed by atoms with Crippen molar-refractivity contribution in [3.05, 3.63) is 118 Å². The van der Waals surface area contributed by atoms with Crippen molar-refractivity contribution in [3.8, 4) is 11.5 Å². The van der Waals surface area contributed by atoms with Crippen LogP contribution in [0.1, 0.15) is 26.3 Å². The second-order valence-corrected chi connectivity index (χ2v) is 8.39. The molecule has 0 saturated heterocycles. The van der Waals surface area contributed by atoms with Crippen molar-refractivity contribution in [2.45, 2.75) is 0 Å². The number of rotatable bonds is 7. The van der Waals surface area contributed by atoms with Gasteiger partial charge in [-0.25, -0.2) is 4.79 Å². The molecule has 7 heteroatoms. The van der Waals surface area contributed by atoms with Gasteiger partial charge in [0.1, 0.15) is 11.5 Å². The highest BCUT2D eigenvalue weighted by molar-refractivity contribution is 6.30. The molecule has 0 radical (unpaired) electrons. The highest BCUT2D eigenvalue weighted by atomic mass is 35.5. The fourth-order valence-corrected chi connectivity index (χ4v) is 3.62. The fraction of sp³-hybridized carbons (Fsp3) is 0.0370. The lowest BCUT2D eigenvalue weighted by Gasteiger charge is -2.19. The van der Waals surface area contributed by atoms with Gasteiger partial charge in [-0.05, 0) is 91.0 Å². The molecule has 0 aliphatic heterocycles. The summed E-state index contributed by atoms with van der Waals surface area (Å²) < 4.78 is 5.77. The van der Waals surface area contributed by atoms with Crippen molar-refractivity contribution in [3.63, 3.8) is 0 Å². The van der Waals surface area contributed by atoms with Gasteiger partial charge in [0.2, 0.25) is 0 Å². The Morgan fingerprint density at radius 1 is 0.676 bits per heavy atom. The van der Waals surface area contributed by atoms with E-state index < -0.39 is 5.97 Å². The molecule has 0 amide bonds. The van der Waals surface area contributed by atoms with E-state index in [0.29, 0.717) is 21.4 Å². The van der Waals surface area contributed by atoms with Crippen LogP contribution in [0, 0.1) is 0 Å². The molecule has 0 saturated carbocycles. The number of ether oxygens (including phenoxy) is 1. The molecule has 0 atom stereocenters. The number of hydrogen-bond donors (Lipinski definition) is 1. The maximum Gasteiger partial charge on any atom is 0.335 e. The Labute approximate surface area is 206 Å². The molecule has 0 unspecified atom stereocenters. The number of anilines is 2. The predicted octanol–water partition coefficient (Wildman–Crippen LogP) is 7.48. The Balaban J connectivity index is 1.60. The van der Waals surface area contributed by atoms with Crippen molar-refractivity contribution >= 4 is 46.3 Å². The van der Waals surface area contributed by atoms with Crippen LogP contribution in [0.15, 0.2) is 91.0 Å². The van der Waals surface area contributed by atoms with E-state index in [-0.39, 0.29) is 22.7 Å². The Kier molecular flexibility index (Phi) is 6.87. The molecule has 4 rings (SSSR count). The Morgan fingerprint density at radius 2 is 1.18 bits per heavy atom. The number of carboxylic acid groups (broad SMARTS) is 1. The standard InChI is InChI=1S/C27H19Cl2NO4/c1-30(23-10-4-20(28)5-11-23)22-8-2-17(3-9-22)26(31)18-14-19(27(32)33)16-25(15-18)34-24-12-6-21(29)7-13-24/h2-16H,1H3,(H,32,33). The topological polar surface area (TPSA) is 66.8 Å². The van der Waals surface area contributed by atoms with Gasteiger partial charge in [-0.3, -0.25) is 4.79 Å². The second kappa shape index (κ2) is 10.00. The van der Waals surface area contributed by atoms with Crippen LogP contribution in [-0.2, 0) is 0 Å². The van der Waals surface area contributed by atoms with E-state index in [9.17, 15) is 14.7 Å². The van der Waals surface area contributed by atoms with Gasteiger partial charge < -0.3 is 14.7 Å². The average molecular weight is 492 g/mol. The van der Waals surface area contributed by atoms with Gasteiger partial charge in [0, 0.05) is 39.6 Å². The quantitative estimate of drug-likeness (QED) is 0.271. The van der Waals surface area contributed by atoms with E-state index in [0.717, 1.165) is 11.4 Å². The summed E-state index contributed by atoms with van der Waals surface area (Å²) in [5, 5.41) is 10.7. The van der Waals surface area contributed by atoms with Gasteiger partial charge in [-0.2, -0.15) is 0 Å². The van der Waals surface area contributed by atoms with E-state index in [1.807, 2.05) is 48.3 Å². The first kappa shape index (κ1) is 23.4. The molecule has 0 aliphatic carbocycles. The largest absolute Gasteiger partial charge is 0.478 e. The molecule has 5 nitrogen and oxygen atoms in total. The molecule has 170 valence electrons. The molecule has 0 spiro atoms. The summed E-state index contributed by atoms with van der Waals surface area (Å²) in [7, 11) is 1.91. The third kappa shape index (κ3) is 5.39. The molecular formula is C27H19Cl2NO4. The number of carbonyl (C=O) groups is 2. The molecule has 0 aromatic heterocycles. The van der Waals surface area contributed by atoms with Crippen molar-refractivity contribution in [2.24, 2.45) is 0 Å². The maximum absolute atomic E-state index is 13.2. The summed E-state index contributed by atoms with van der Waals surface area (Å²) >= 11 is 11.9. The zero-order valence-electron chi connectivity index (χ0n) is 18.0. The van der Waals surface area contributed by atoms with Crippen molar-refractivity contribution in [1.82, 2.24) is 0 Å². The highest BCUT2D eigenvalue weighted by Crippen LogP contribution is 2.28. The molecule has 0 aliphatic rings. The molecule has 0 heterocycles. The van der Waals surface area contributed by atoms with Crippen LogP contribution in [0.25, 0.3) is 0 Å². The van der Waals surface area contributed by atoms with Crippen LogP contribution in [0.5, 0.6) is 11.5 Å². The summed E-state index contributed by atoms with van der Waals surface area (Å²) in [4.78, 5) is 26.8. The number of carbonyl (C=O) groups excluding carboxylic acids is 1. The molecule has 0 fully saturated rings. The van der Waals surface area contributed by atoms with Crippen LogP contribution in [0.4, 0.5) is 11.4 Å². The minimum atomic E-state index is -1.16. The number of nitrogens with zero attached hydrogens (tertiary/aromatic N) is 1. The smallest absolute Gasteiger partial charge is 0.335 e. The van der Waals surface area contributed by atoms with E-state index in [1.54, 1.807) is 36.4 Å². The van der Waals surface area contributed by atoms with Crippen molar-refractivity contribution in [1.29, 1.82) is 0 Å². The van der Waals surface area contributed by atoms with Gasteiger partial charge in [-0.15, -0.1) is 0 Å². The first-order chi connectivity index (χ1) is 16.3. The Morgan fingerprint density at radius 3 is 1.74 bits per heavy atom. The van der Waals surface area contributed by atoms with Crippen LogP contribution >= 0.6 is 23.2 Å². The summed E-state index contributed by atoms with van der Waals surface area (Å²) in [5.41, 5.74) is 2.41. The predicted molar refractivity (Wildman–Crippen MR) is 134 cm³/mol. The Bertz CT molecular complexity index is 1330. The van der Waals surface area contributed by atoms with Gasteiger partial charge in [0.15, 0.2) is 5.78 Å². The molecule has 4 aromatic rings. The monoisotopic (exact) mass is 491 g/mol. The van der Waals surface area contributed by atoms with Crippen LogP contribution in [-0.4, -0.2) is 23.9 Å². The molecule has 34 heavy (non-hydrogen) atoms. The summed E-state index contributed by atoms with van der Waals surface area (Å²) in [6, 6.07) is 25.4. The summed E-state index contributed by atoms with van der Waals surface area (Å²) in [6.07, 6.45) is 0. The van der Waals surface area contributed by atoms with Gasteiger partial charge in [0.05, 0.1) is 5.56 Å². The van der Waals surface area contributed by atoms with E-state index >= 15 is 0 Å². The number of hydrogen-bond acceptors (Lipinski definition) is 4. The zero-order valence-corrected chi connectivity index (χ0v) is 19.5. The molecule has 4 aromatic carbocycles. The van der Waals surface area contributed by atoms with Gasteiger partial charge >= 0.3 is 5.97 Å². The number of ketones is 1. The lowest BCUT2D eigenvalue weighted by molar-refractivity contribution is 0.0696. The average Bonchev–Trinajstić information content (AvgIpc) is 2.85. The van der Waals surface area contributed by atoms with Crippen LogP contribution in [0.3, 0.4) is 0 Å². The van der Waals surface area contributed by atoms with E-state index in [2.05, 4.69) is 0 Å². The lowest BCUT2D eigenvalue weighted by atomic mass is 10.0. The fourth-order valence-electron chi connectivity index (χ4n) is 3.37. The molecule has 1 N–H and O–H groups in total. The minimum Gasteiger partial charge on any atom is -0.478 e. The van der Waals surface area contributed by atoms with Crippen molar-refractivity contribution < 1.29 is 19.4 Å². The van der Waals surface area contributed by atoms with E-state index in [4.69, 9.17) is 27.9 Å². The summed E-state index contributed by atoms with van der Waals surface area (Å²) in [6.45, 7) is 0.